The van der Waals surface area contributed by atoms with Crippen LogP contribution in [-0.4, -0.2) is 36.1 Å². The number of rotatable bonds is 3. The standard InChI is InChI=1S/C13H20N2OS/c1-10-9-17-6-5-15(10)8-11-3-4-12(16-2)7-13(11)14/h3-4,7,10H,5-6,8-9,14H2,1-2H3. The summed E-state index contributed by atoms with van der Waals surface area (Å²) in [5.74, 6) is 3.27. The van der Waals surface area contributed by atoms with Crippen LogP contribution in [0.4, 0.5) is 5.69 Å². The van der Waals surface area contributed by atoms with Crippen molar-refractivity contribution in [2.45, 2.75) is 19.5 Å². The first-order valence-corrected chi connectivity index (χ1v) is 7.10. The van der Waals surface area contributed by atoms with Gasteiger partial charge in [-0.2, -0.15) is 11.8 Å². The average Bonchev–Trinajstić information content (AvgIpc) is 2.34. The van der Waals surface area contributed by atoms with Crippen LogP contribution in [0, 0.1) is 0 Å². The molecule has 4 heteroatoms. The minimum atomic E-state index is 0.634. The van der Waals surface area contributed by atoms with Crippen LogP contribution in [0.5, 0.6) is 5.75 Å². The van der Waals surface area contributed by atoms with E-state index in [1.54, 1.807) is 7.11 Å². The Balaban J connectivity index is 2.07. The van der Waals surface area contributed by atoms with E-state index in [1.807, 2.05) is 23.9 Å². The lowest BCUT2D eigenvalue weighted by Crippen LogP contribution is -2.39. The first-order chi connectivity index (χ1) is 8.20. The summed E-state index contributed by atoms with van der Waals surface area (Å²) in [7, 11) is 1.67. The molecular formula is C13H20N2OS. The summed E-state index contributed by atoms with van der Waals surface area (Å²) in [6.45, 7) is 4.38. The fourth-order valence-corrected chi connectivity index (χ4v) is 3.14. The van der Waals surface area contributed by atoms with Crippen molar-refractivity contribution in [2.24, 2.45) is 0 Å². The molecule has 3 nitrogen and oxygen atoms in total. The van der Waals surface area contributed by atoms with Crippen molar-refractivity contribution in [3.8, 4) is 5.75 Å². The number of nitrogens with zero attached hydrogens (tertiary/aromatic N) is 1. The maximum absolute atomic E-state index is 6.05. The first kappa shape index (κ1) is 12.6. The molecule has 0 aromatic heterocycles. The van der Waals surface area contributed by atoms with Crippen LogP contribution in [0.25, 0.3) is 0 Å². The largest absolute Gasteiger partial charge is 0.497 e. The van der Waals surface area contributed by atoms with Gasteiger partial charge in [0.05, 0.1) is 7.11 Å². The van der Waals surface area contributed by atoms with Crippen molar-refractivity contribution in [3.63, 3.8) is 0 Å². The van der Waals surface area contributed by atoms with Gasteiger partial charge in [0, 0.05) is 42.4 Å². The highest BCUT2D eigenvalue weighted by atomic mass is 32.2. The normalized spacial score (nSPS) is 21.4. The SMILES string of the molecule is COc1ccc(CN2CCSCC2C)c(N)c1. The van der Waals surface area contributed by atoms with Crippen LogP contribution >= 0.6 is 11.8 Å². The van der Waals surface area contributed by atoms with Crippen LogP contribution < -0.4 is 10.5 Å². The predicted molar refractivity (Wildman–Crippen MR) is 74.6 cm³/mol. The highest BCUT2D eigenvalue weighted by Gasteiger charge is 2.19. The molecule has 17 heavy (non-hydrogen) atoms. The van der Waals surface area contributed by atoms with Gasteiger partial charge >= 0.3 is 0 Å². The van der Waals surface area contributed by atoms with E-state index >= 15 is 0 Å². The van der Waals surface area contributed by atoms with Crippen LogP contribution in [0.2, 0.25) is 0 Å². The van der Waals surface area contributed by atoms with Gasteiger partial charge in [0.15, 0.2) is 0 Å². The summed E-state index contributed by atoms with van der Waals surface area (Å²) in [6.07, 6.45) is 0. The topological polar surface area (TPSA) is 38.5 Å². The lowest BCUT2D eigenvalue weighted by atomic mass is 10.1. The molecule has 1 fully saturated rings. The first-order valence-electron chi connectivity index (χ1n) is 5.95. The molecule has 1 aromatic rings. The second-order valence-electron chi connectivity index (χ2n) is 4.46. The zero-order valence-corrected chi connectivity index (χ0v) is 11.3. The predicted octanol–water partition coefficient (Wildman–Crippen LogP) is 2.21. The Morgan fingerprint density at radius 1 is 1.53 bits per heavy atom. The van der Waals surface area contributed by atoms with Crippen molar-refractivity contribution in [3.05, 3.63) is 23.8 Å². The molecule has 1 saturated heterocycles. The average molecular weight is 252 g/mol. The van der Waals surface area contributed by atoms with Crippen molar-refractivity contribution < 1.29 is 4.74 Å². The number of nitrogens with two attached hydrogens (primary N) is 1. The lowest BCUT2D eigenvalue weighted by molar-refractivity contribution is 0.224. The molecule has 0 bridgehead atoms. The van der Waals surface area contributed by atoms with E-state index in [2.05, 4.69) is 17.9 Å². The number of hydrogen-bond acceptors (Lipinski definition) is 4. The number of hydrogen-bond donors (Lipinski definition) is 1. The van der Waals surface area contributed by atoms with Crippen LogP contribution in [0.1, 0.15) is 12.5 Å². The van der Waals surface area contributed by atoms with Crippen LogP contribution in [0.15, 0.2) is 18.2 Å². The molecule has 0 radical (unpaired) electrons. The van der Waals surface area contributed by atoms with E-state index in [9.17, 15) is 0 Å². The molecule has 1 unspecified atom stereocenters. The van der Waals surface area contributed by atoms with Gasteiger partial charge in [-0.3, -0.25) is 4.90 Å². The maximum atomic E-state index is 6.05. The molecule has 1 aliphatic rings. The monoisotopic (exact) mass is 252 g/mol. The zero-order chi connectivity index (χ0) is 12.3. The number of benzene rings is 1. The maximum Gasteiger partial charge on any atom is 0.120 e. The summed E-state index contributed by atoms with van der Waals surface area (Å²) >= 11 is 2.03. The van der Waals surface area contributed by atoms with Gasteiger partial charge in [0.25, 0.3) is 0 Å². The molecule has 0 amide bonds. The third-order valence-electron chi connectivity index (χ3n) is 3.23. The lowest BCUT2D eigenvalue weighted by Gasteiger charge is -2.33. The Morgan fingerprint density at radius 3 is 3.00 bits per heavy atom. The number of anilines is 1. The fraction of sp³-hybridized carbons (Fsp3) is 0.538. The summed E-state index contributed by atoms with van der Waals surface area (Å²) < 4.78 is 5.16. The van der Waals surface area contributed by atoms with E-state index < -0.39 is 0 Å². The quantitative estimate of drug-likeness (QED) is 0.837. The number of thioether (sulfide) groups is 1. The Morgan fingerprint density at radius 2 is 2.35 bits per heavy atom. The summed E-state index contributed by atoms with van der Waals surface area (Å²) in [6, 6.07) is 6.59. The molecule has 1 aliphatic heterocycles. The van der Waals surface area contributed by atoms with Crippen molar-refractivity contribution in [1.82, 2.24) is 4.90 Å². The van der Waals surface area contributed by atoms with Gasteiger partial charge in [-0.05, 0) is 18.6 Å². The highest BCUT2D eigenvalue weighted by molar-refractivity contribution is 7.99. The minimum absolute atomic E-state index is 0.634. The number of nitrogen functional groups attached to an aromatic ring is 1. The van der Waals surface area contributed by atoms with E-state index in [0.717, 1.165) is 24.5 Å². The highest BCUT2D eigenvalue weighted by Crippen LogP contribution is 2.24. The van der Waals surface area contributed by atoms with Gasteiger partial charge in [0.1, 0.15) is 5.75 Å². The molecule has 2 rings (SSSR count). The molecule has 1 atom stereocenters. The Bertz CT molecular complexity index is 384. The fourth-order valence-electron chi connectivity index (χ4n) is 2.06. The second kappa shape index (κ2) is 5.65. The molecule has 94 valence electrons. The van der Waals surface area contributed by atoms with Crippen LogP contribution in [0.3, 0.4) is 0 Å². The van der Waals surface area contributed by atoms with Crippen molar-refractivity contribution >= 4 is 17.4 Å². The Hall–Kier alpha value is -0.870. The summed E-state index contributed by atoms with van der Waals surface area (Å²) in [4.78, 5) is 2.49. The Labute approximate surface area is 107 Å². The molecule has 0 aliphatic carbocycles. The van der Waals surface area contributed by atoms with Gasteiger partial charge in [0.2, 0.25) is 0 Å². The molecule has 1 aromatic carbocycles. The zero-order valence-electron chi connectivity index (χ0n) is 10.5. The van der Waals surface area contributed by atoms with Crippen LogP contribution in [-0.2, 0) is 6.54 Å². The van der Waals surface area contributed by atoms with Crippen molar-refractivity contribution in [1.29, 1.82) is 0 Å². The third kappa shape index (κ3) is 3.07. The molecule has 1 heterocycles. The second-order valence-corrected chi connectivity index (χ2v) is 5.61. The molecule has 0 saturated carbocycles. The van der Waals surface area contributed by atoms with E-state index in [1.165, 1.54) is 17.1 Å². The van der Waals surface area contributed by atoms with E-state index in [0.29, 0.717) is 6.04 Å². The molecule has 2 N–H and O–H groups in total. The van der Waals surface area contributed by atoms with Crippen molar-refractivity contribution in [2.75, 3.05) is 30.9 Å². The minimum Gasteiger partial charge on any atom is -0.497 e. The smallest absolute Gasteiger partial charge is 0.120 e. The van der Waals surface area contributed by atoms with Gasteiger partial charge in [-0.15, -0.1) is 0 Å². The Kier molecular flexibility index (Phi) is 4.18. The molecule has 0 spiro atoms. The third-order valence-corrected chi connectivity index (χ3v) is 4.42. The van der Waals surface area contributed by atoms with Gasteiger partial charge < -0.3 is 10.5 Å². The number of methoxy groups -OCH3 is 1. The number of ether oxygens (including phenoxy) is 1. The van der Waals surface area contributed by atoms with Gasteiger partial charge in [-0.1, -0.05) is 6.07 Å². The molecular weight excluding hydrogens is 232 g/mol. The van der Waals surface area contributed by atoms with Gasteiger partial charge in [-0.25, -0.2) is 0 Å². The summed E-state index contributed by atoms with van der Waals surface area (Å²) in [5.41, 5.74) is 8.07. The summed E-state index contributed by atoms with van der Waals surface area (Å²) in [5, 5.41) is 0. The van der Waals surface area contributed by atoms with E-state index in [-0.39, 0.29) is 0 Å². The van der Waals surface area contributed by atoms with E-state index in [4.69, 9.17) is 10.5 Å².